The highest BCUT2D eigenvalue weighted by molar-refractivity contribution is 7.93. The lowest BCUT2D eigenvalue weighted by molar-refractivity contribution is -0.153. The molecule has 0 aliphatic rings. The van der Waals surface area contributed by atoms with E-state index >= 15 is 0 Å². The van der Waals surface area contributed by atoms with Gasteiger partial charge in [-0.05, 0) is 48.5 Å². The summed E-state index contributed by atoms with van der Waals surface area (Å²) in [7, 11) is -3.95. The van der Waals surface area contributed by atoms with Crippen molar-refractivity contribution >= 4 is 21.8 Å². The molecule has 0 aliphatic carbocycles. The molecule has 20 heavy (non-hydrogen) atoms. The average Bonchev–Trinajstić information content (AvgIpc) is 2.08. The molecule has 0 aromatic carbocycles. The maximum atomic E-state index is 12.0. The Kier molecular flexibility index (Phi) is 5.78. The minimum Gasteiger partial charge on any atom is -0.459 e. The van der Waals surface area contributed by atoms with Gasteiger partial charge < -0.3 is 9.47 Å². The van der Waals surface area contributed by atoms with Crippen molar-refractivity contribution in [3.8, 4) is 0 Å². The Morgan fingerprint density at radius 2 is 1.35 bits per heavy atom. The van der Waals surface area contributed by atoms with Crippen LogP contribution in [0.1, 0.15) is 48.5 Å². The van der Waals surface area contributed by atoms with Crippen LogP contribution in [0.4, 0.5) is 0 Å². The quantitative estimate of drug-likeness (QED) is 0.731. The Labute approximate surface area is 120 Å². The molecule has 118 valence electrons. The van der Waals surface area contributed by atoms with E-state index in [1.807, 2.05) is 0 Å². The fourth-order valence-corrected chi connectivity index (χ4v) is 2.17. The van der Waals surface area contributed by atoms with Gasteiger partial charge in [-0.25, -0.2) is 8.42 Å². The lowest BCUT2D eigenvalue weighted by Crippen LogP contribution is -2.38. The van der Waals surface area contributed by atoms with Crippen molar-refractivity contribution in [2.45, 2.75) is 64.9 Å². The van der Waals surface area contributed by atoms with Crippen LogP contribution >= 0.6 is 0 Å². The number of sulfone groups is 1. The summed E-state index contributed by atoms with van der Waals surface area (Å²) in [5, 5.41) is -1.41. The SMILES string of the molecule is CC(C(=O)OC(C)(C)C)S(=O)(=O)CC(=O)OC(C)(C)C. The van der Waals surface area contributed by atoms with E-state index in [0.717, 1.165) is 0 Å². The molecule has 0 rings (SSSR count). The molecule has 0 radical (unpaired) electrons. The number of carbonyl (C=O) groups excluding carboxylic acids is 2. The Morgan fingerprint density at radius 3 is 1.70 bits per heavy atom. The van der Waals surface area contributed by atoms with Crippen molar-refractivity contribution in [1.82, 2.24) is 0 Å². The molecule has 0 spiro atoms. The standard InChI is InChI=1S/C13H24O6S/c1-9(11(15)19-13(5,6)7)20(16,17)8-10(14)18-12(2,3)4/h9H,8H2,1-7H3. The van der Waals surface area contributed by atoms with E-state index < -0.39 is 44.0 Å². The van der Waals surface area contributed by atoms with E-state index in [1.165, 1.54) is 6.92 Å². The van der Waals surface area contributed by atoms with Gasteiger partial charge in [0.1, 0.15) is 17.0 Å². The zero-order valence-electron chi connectivity index (χ0n) is 13.1. The molecule has 0 fully saturated rings. The number of esters is 2. The maximum Gasteiger partial charge on any atom is 0.324 e. The molecule has 0 aliphatic heterocycles. The first-order chi connectivity index (χ1) is 8.64. The van der Waals surface area contributed by atoms with Crippen LogP contribution in [-0.4, -0.2) is 42.6 Å². The highest BCUT2D eigenvalue weighted by atomic mass is 32.2. The fourth-order valence-electron chi connectivity index (χ4n) is 1.19. The Hall–Kier alpha value is -1.11. The molecule has 1 atom stereocenters. The molecule has 6 nitrogen and oxygen atoms in total. The smallest absolute Gasteiger partial charge is 0.324 e. The molecule has 0 saturated heterocycles. The van der Waals surface area contributed by atoms with Gasteiger partial charge in [0.25, 0.3) is 0 Å². The molecule has 0 saturated carbocycles. The molecular weight excluding hydrogens is 284 g/mol. The summed E-state index contributed by atoms with van der Waals surface area (Å²) >= 11 is 0. The number of hydrogen-bond acceptors (Lipinski definition) is 6. The third kappa shape index (κ3) is 7.47. The third-order valence-electron chi connectivity index (χ3n) is 2.02. The second-order valence-electron chi connectivity index (χ2n) is 6.57. The molecule has 0 heterocycles. The van der Waals surface area contributed by atoms with Gasteiger partial charge in [0, 0.05) is 0 Å². The molecule has 0 aromatic rings. The maximum absolute atomic E-state index is 12.0. The summed E-state index contributed by atoms with van der Waals surface area (Å²) in [6.07, 6.45) is 0. The number of ether oxygens (including phenoxy) is 2. The Morgan fingerprint density at radius 1 is 0.950 bits per heavy atom. The minimum atomic E-state index is -3.95. The van der Waals surface area contributed by atoms with E-state index in [9.17, 15) is 18.0 Å². The van der Waals surface area contributed by atoms with Crippen LogP contribution in [0, 0.1) is 0 Å². The molecule has 7 heteroatoms. The first-order valence-corrected chi connectivity index (χ1v) is 8.02. The highest BCUT2D eigenvalue weighted by Gasteiger charge is 2.35. The van der Waals surface area contributed by atoms with Gasteiger partial charge in [0.2, 0.25) is 0 Å². The predicted octanol–water partition coefficient (Wildman–Crippen LogP) is 1.47. The summed E-state index contributed by atoms with van der Waals surface area (Å²) in [5.74, 6) is -2.60. The van der Waals surface area contributed by atoms with Gasteiger partial charge in [-0.1, -0.05) is 0 Å². The van der Waals surface area contributed by atoms with E-state index in [-0.39, 0.29) is 0 Å². The second-order valence-corrected chi connectivity index (χ2v) is 8.89. The number of carbonyl (C=O) groups is 2. The van der Waals surface area contributed by atoms with Crippen molar-refractivity contribution in [2.75, 3.05) is 5.75 Å². The van der Waals surface area contributed by atoms with E-state index in [4.69, 9.17) is 9.47 Å². The molecular formula is C13H24O6S. The largest absolute Gasteiger partial charge is 0.459 e. The molecule has 0 aromatic heterocycles. The van der Waals surface area contributed by atoms with Gasteiger partial charge >= 0.3 is 11.9 Å². The van der Waals surface area contributed by atoms with Crippen molar-refractivity contribution in [3.63, 3.8) is 0 Å². The van der Waals surface area contributed by atoms with Crippen LogP contribution in [0.5, 0.6) is 0 Å². The van der Waals surface area contributed by atoms with Crippen molar-refractivity contribution < 1.29 is 27.5 Å². The van der Waals surface area contributed by atoms with Crippen LogP contribution in [0.2, 0.25) is 0 Å². The van der Waals surface area contributed by atoms with Gasteiger partial charge in [0.05, 0.1) is 0 Å². The zero-order chi connectivity index (χ0) is 16.4. The summed E-state index contributed by atoms with van der Waals surface area (Å²) in [6, 6.07) is 0. The fraction of sp³-hybridized carbons (Fsp3) is 0.846. The van der Waals surface area contributed by atoms with Crippen LogP contribution in [0.3, 0.4) is 0 Å². The molecule has 0 N–H and O–H groups in total. The van der Waals surface area contributed by atoms with E-state index in [2.05, 4.69) is 0 Å². The van der Waals surface area contributed by atoms with Crippen molar-refractivity contribution in [2.24, 2.45) is 0 Å². The minimum absolute atomic E-state index is 0.776. The summed E-state index contributed by atoms with van der Waals surface area (Å²) < 4.78 is 33.8. The average molecular weight is 308 g/mol. The summed E-state index contributed by atoms with van der Waals surface area (Å²) in [5.41, 5.74) is -1.56. The van der Waals surface area contributed by atoms with Crippen molar-refractivity contribution in [3.05, 3.63) is 0 Å². The van der Waals surface area contributed by atoms with Gasteiger partial charge in [0.15, 0.2) is 15.1 Å². The normalized spacial score (nSPS) is 14.6. The first kappa shape index (κ1) is 18.9. The monoisotopic (exact) mass is 308 g/mol. The van der Waals surface area contributed by atoms with Crippen LogP contribution in [0.15, 0.2) is 0 Å². The summed E-state index contributed by atoms with van der Waals surface area (Å²) in [6.45, 7) is 11.0. The van der Waals surface area contributed by atoms with Crippen LogP contribution in [-0.2, 0) is 28.9 Å². The third-order valence-corrected chi connectivity index (χ3v) is 3.92. The molecule has 0 bridgehead atoms. The van der Waals surface area contributed by atoms with E-state index in [0.29, 0.717) is 0 Å². The lowest BCUT2D eigenvalue weighted by atomic mass is 10.2. The molecule has 0 amide bonds. The van der Waals surface area contributed by atoms with Gasteiger partial charge in [-0.15, -0.1) is 0 Å². The molecule has 1 unspecified atom stereocenters. The Bertz CT molecular complexity index is 464. The van der Waals surface area contributed by atoms with Gasteiger partial charge in [-0.2, -0.15) is 0 Å². The number of rotatable bonds is 4. The lowest BCUT2D eigenvalue weighted by Gasteiger charge is -2.23. The van der Waals surface area contributed by atoms with Crippen molar-refractivity contribution in [1.29, 1.82) is 0 Å². The van der Waals surface area contributed by atoms with E-state index in [1.54, 1.807) is 41.5 Å². The predicted molar refractivity (Wildman–Crippen MR) is 74.9 cm³/mol. The highest BCUT2D eigenvalue weighted by Crippen LogP contribution is 2.14. The first-order valence-electron chi connectivity index (χ1n) is 6.30. The second kappa shape index (κ2) is 6.11. The van der Waals surface area contributed by atoms with Crippen LogP contribution < -0.4 is 0 Å². The van der Waals surface area contributed by atoms with Crippen LogP contribution in [0.25, 0.3) is 0 Å². The number of hydrogen-bond donors (Lipinski definition) is 0. The summed E-state index contributed by atoms with van der Waals surface area (Å²) in [4.78, 5) is 23.3. The zero-order valence-corrected chi connectivity index (χ0v) is 14.0. The topological polar surface area (TPSA) is 86.7 Å². The van der Waals surface area contributed by atoms with Gasteiger partial charge in [-0.3, -0.25) is 9.59 Å². The Balaban J connectivity index is 4.81.